The third-order valence-electron chi connectivity index (χ3n) is 7.02. The van der Waals surface area contributed by atoms with Crippen LogP contribution in [-0.2, 0) is 0 Å². The summed E-state index contributed by atoms with van der Waals surface area (Å²) in [6.07, 6.45) is 7.69. The minimum Gasteiger partial charge on any atom is -0.378 e. The van der Waals surface area contributed by atoms with E-state index in [1.54, 1.807) is 0 Å². The van der Waals surface area contributed by atoms with Crippen LogP contribution in [0.2, 0.25) is 0 Å². The number of amides is 1. The lowest BCUT2D eigenvalue weighted by molar-refractivity contribution is 0.0755. The Morgan fingerprint density at radius 2 is 1.75 bits per heavy atom. The van der Waals surface area contributed by atoms with E-state index >= 15 is 0 Å². The molecule has 0 fully saturated rings. The largest absolute Gasteiger partial charge is 0.378 e. The lowest BCUT2D eigenvalue weighted by Crippen LogP contribution is -2.33. The molecule has 1 heterocycles. The van der Waals surface area contributed by atoms with Gasteiger partial charge in [0.25, 0.3) is 5.91 Å². The summed E-state index contributed by atoms with van der Waals surface area (Å²) in [5.74, 6) is 0.976. The van der Waals surface area contributed by atoms with Crippen LogP contribution in [0, 0.1) is 5.92 Å². The fourth-order valence-corrected chi connectivity index (χ4v) is 5.50. The van der Waals surface area contributed by atoms with Crippen LogP contribution in [0.15, 0.2) is 72.8 Å². The number of carbonyl (C=O) groups excluding carboxylic acids is 1. The first-order chi connectivity index (χ1) is 15.7. The van der Waals surface area contributed by atoms with Gasteiger partial charge in [-0.15, -0.1) is 0 Å². The summed E-state index contributed by atoms with van der Waals surface area (Å²) >= 11 is 0. The van der Waals surface area contributed by atoms with E-state index in [-0.39, 0.29) is 11.9 Å². The van der Waals surface area contributed by atoms with Crippen molar-refractivity contribution >= 4 is 22.4 Å². The second-order valence-corrected chi connectivity index (χ2v) is 9.18. The zero-order chi connectivity index (χ0) is 22.1. The zero-order valence-electron chi connectivity index (χ0n) is 19.1. The van der Waals surface area contributed by atoms with Crippen molar-refractivity contribution in [1.29, 1.82) is 0 Å². The molecule has 0 spiro atoms. The van der Waals surface area contributed by atoms with Crippen LogP contribution in [0.1, 0.15) is 66.6 Å². The highest BCUT2D eigenvalue weighted by Gasteiger charge is 2.38. The first kappa shape index (κ1) is 20.8. The van der Waals surface area contributed by atoms with Crippen LogP contribution in [-0.4, -0.2) is 23.9 Å². The molecule has 3 heteroatoms. The molecule has 2 aliphatic rings. The van der Waals surface area contributed by atoms with Crippen molar-refractivity contribution in [3.8, 4) is 0 Å². The number of allylic oxidation sites excluding steroid dienone is 2. The van der Waals surface area contributed by atoms with Gasteiger partial charge in [-0.05, 0) is 71.3 Å². The monoisotopic (exact) mass is 424 g/mol. The van der Waals surface area contributed by atoms with E-state index in [0.29, 0.717) is 11.8 Å². The average molecular weight is 425 g/mol. The molecule has 1 aliphatic carbocycles. The van der Waals surface area contributed by atoms with Gasteiger partial charge in [0.05, 0.1) is 6.04 Å². The second-order valence-electron chi connectivity index (χ2n) is 9.18. The molecule has 0 radical (unpaired) electrons. The number of nitrogens with one attached hydrogen (secondary N) is 1. The number of rotatable bonds is 6. The molecule has 3 aromatic rings. The molecule has 3 nitrogen and oxygen atoms in total. The standard InChI is InChI=1S/C29H32N2O/c1-3-16-31(17-4-2)29(32)23-14-15-27-26(19-23)24-10-7-11-25(24)28(30-27)22-13-12-20-8-5-6-9-21(20)18-22/h5-10,12-15,18-19,24-25,28,30H,3-4,11,16-17H2,1-2H3. The third kappa shape index (κ3) is 3.70. The lowest BCUT2D eigenvalue weighted by Gasteiger charge is -2.38. The molecule has 0 saturated carbocycles. The maximum atomic E-state index is 13.2. The summed E-state index contributed by atoms with van der Waals surface area (Å²) in [4.78, 5) is 15.2. The van der Waals surface area contributed by atoms with Crippen molar-refractivity contribution in [1.82, 2.24) is 4.90 Å². The zero-order valence-corrected chi connectivity index (χ0v) is 19.1. The molecule has 5 rings (SSSR count). The van der Waals surface area contributed by atoms with Crippen molar-refractivity contribution in [3.05, 3.63) is 89.5 Å². The molecule has 0 saturated heterocycles. The van der Waals surface area contributed by atoms with E-state index in [1.165, 1.54) is 21.9 Å². The average Bonchev–Trinajstić information content (AvgIpc) is 3.33. The Kier molecular flexibility index (Phi) is 5.73. The van der Waals surface area contributed by atoms with Gasteiger partial charge in [0, 0.05) is 30.3 Å². The molecule has 3 atom stereocenters. The second kappa shape index (κ2) is 8.82. The van der Waals surface area contributed by atoms with Crippen LogP contribution in [0.25, 0.3) is 10.8 Å². The molecule has 32 heavy (non-hydrogen) atoms. The number of carbonyl (C=O) groups is 1. The topological polar surface area (TPSA) is 32.3 Å². The summed E-state index contributed by atoms with van der Waals surface area (Å²) in [6, 6.07) is 21.9. The van der Waals surface area contributed by atoms with Crippen LogP contribution >= 0.6 is 0 Å². The third-order valence-corrected chi connectivity index (χ3v) is 7.02. The Morgan fingerprint density at radius 3 is 2.53 bits per heavy atom. The molecule has 0 bridgehead atoms. The summed E-state index contributed by atoms with van der Waals surface area (Å²) in [5, 5.41) is 6.39. The molecular formula is C29H32N2O. The van der Waals surface area contributed by atoms with Gasteiger partial charge < -0.3 is 10.2 Å². The quantitative estimate of drug-likeness (QED) is 0.435. The normalized spacial score (nSPS) is 21.1. The minimum absolute atomic E-state index is 0.159. The van der Waals surface area contributed by atoms with Crippen molar-refractivity contribution < 1.29 is 4.79 Å². The van der Waals surface area contributed by atoms with Gasteiger partial charge in [-0.3, -0.25) is 4.79 Å². The van der Waals surface area contributed by atoms with E-state index in [2.05, 4.69) is 85.9 Å². The molecule has 164 valence electrons. The fraction of sp³-hybridized carbons (Fsp3) is 0.345. The van der Waals surface area contributed by atoms with Gasteiger partial charge in [-0.1, -0.05) is 62.4 Å². The Morgan fingerprint density at radius 1 is 0.969 bits per heavy atom. The van der Waals surface area contributed by atoms with Crippen LogP contribution in [0.5, 0.6) is 0 Å². The van der Waals surface area contributed by atoms with Crippen molar-refractivity contribution in [2.45, 2.75) is 45.1 Å². The molecule has 1 aliphatic heterocycles. The van der Waals surface area contributed by atoms with Crippen LogP contribution < -0.4 is 5.32 Å². The van der Waals surface area contributed by atoms with E-state index < -0.39 is 0 Å². The smallest absolute Gasteiger partial charge is 0.253 e. The highest BCUT2D eigenvalue weighted by Crippen LogP contribution is 2.50. The summed E-state index contributed by atoms with van der Waals surface area (Å²) in [6.45, 7) is 5.90. The van der Waals surface area contributed by atoms with Gasteiger partial charge in [0.1, 0.15) is 0 Å². The van der Waals surface area contributed by atoms with E-state index in [1.807, 2.05) is 11.0 Å². The molecule has 3 unspecified atom stereocenters. The van der Waals surface area contributed by atoms with Gasteiger partial charge in [0.2, 0.25) is 0 Å². The van der Waals surface area contributed by atoms with Gasteiger partial charge in [0.15, 0.2) is 0 Å². The van der Waals surface area contributed by atoms with Crippen molar-refractivity contribution in [2.24, 2.45) is 5.92 Å². The number of fused-ring (bicyclic) bond motifs is 4. The first-order valence-electron chi connectivity index (χ1n) is 12.0. The van der Waals surface area contributed by atoms with Gasteiger partial charge in [-0.2, -0.15) is 0 Å². The number of anilines is 1. The van der Waals surface area contributed by atoms with Crippen molar-refractivity contribution in [3.63, 3.8) is 0 Å². The number of benzene rings is 3. The van der Waals surface area contributed by atoms with Gasteiger partial charge in [-0.25, -0.2) is 0 Å². The fourth-order valence-electron chi connectivity index (χ4n) is 5.50. The van der Waals surface area contributed by atoms with Crippen LogP contribution in [0.4, 0.5) is 5.69 Å². The van der Waals surface area contributed by atoms with E-state index in [9.17, 15) is 4.79 Å². The Labute approximate surface area is 191 Å². The molecule has 0 aromatic heterocycles. The highest BCUT2D eigenvalue weighted by atomic mass is 16.2. The van der Waals surface area contributed by atoms with Gasteiger partial charge >= 0.3 is 0 Å². The lowest BCUT2D eigenvalue weighted by atomic mass is 9.76. The summed E-state index contributed by atoms with van der Waals surface area (Å²) < 4.78 is 0. The van der Waals surface area contributed by atoms with E-state index in [4.69, 9.17) is 0 Å². The van der Waals surface area contributed by atoms with Crippen LogP contribution in [0.3, 0.4) is 0 Å². The number of hydrogen-bond donors (Lipinski definition) is 1. The maximum Gasteiger partial charge on any atom is 0.253 e. The number of nitrogens with zero attached hydrogens (tertiary/aromatic N) is 1. The molecule has 1 amide bonds. The molecule has 1 N–H and O–H groups in total. The molecule has 3 aromatic carbocycles. The van der Waals surface area contributed by atoms with E-state index in [0.717, 1.165) is 43.6 Å². The predicted octanol–water partition coefficient (Wildman–Crippen LogP) is 6.93. The minimum atomic E-state index is 0.159. The number of hydrogen-bond acceptors (Lipinski definition) is 2. The Bertz CT molecular complexity index is 1160. The Hall–Kier alpha value is -3.07. The SMILES string of the molecule is CCCN(CCC)C(=O)c1ccc2c(c1)C1C=CCC1C(c1ccc3ccccc3c1)N2. The maximum absolute atomic E-state index is 13.2. The highest BCUT2D eigenvalue weighted by molar-refractivity contribution is 5.95. The summed E-state index contributed by atoms with van der Waals surface area (Å²) in [7, 11) is 0. The summed E-state index contributed by atoms with van der Waals surface area (Å²) in [5.41, 5.74) is 4.57. The van der Waals surface area contributed by atoms with Crippen molar-refractivity contribution in [2.75, 3.05) is 18.4 Å². The Balaban J connectivity index is 1.48. The first-order valence-corrected chi connectivity index (χ1v) is 12.0. The molecular weight excluding hydrogens is 392 g/mol. The predicted molar refractivity (Wildman–Crippen MR) is 133 cm³/mol.